The Hall–Kier alpha value is -3.62. The van der Waals surface area contributed by atoms with Gasteiger partial charge in [-0.2, -0.15) is 18.3 Å². The summed E-state index contributed by atoms with van der Waals surface area (Å²) in [5, 5.41) is 7.17. The lowest BCUT2D eigenvalue weighted by Crippen LogP contribution is -2.23. The van der Waals surface area contributed by atoms with Crippen molar-refractivity contribution < 1.29 is 27.5 Å². The molecule has 1 aromatic heterocycles. The van der Waals surface area contributed by atoms with Crippen LogP contribution in [0.1, 0.15) is 44.9 Å². The van der Waals surface area contributed by atoms with Crippen molar-refractivity contribution in [3.05, 3.63) is 82.2 Å². The van der Waals surface area contributed by atoms with Gasteiger partial charge in [-0.15, -0.1) is 0 Å². The number of rotatable bonds is 7. The van der Waals surface area contributed by atoms with Crippen LogP contribution in [-0.4, -0.2) is 28.8 Å². The first-order valence-corrected chi connectivity index (χ1v) is 10.3. The molecule has 1 amide bonds. The van der Waals surface area contributed by atoms with Gasteiger partial charge < -0.3 is 10.1 Å². The van der Waals surface area contributed by atoms with E-state index in [-0.39, 0.29) is 18.9 Å². The summed E-state index contributed by atoms with van der Waals surface area (Å²) in [5.41, 5.74) is 3.37. The molecule has 0 radical (unpaired) electrons. The van der Waals surface area contributed by atoms with Crippen LogP contribution in [0.3, 0.4) is 0 Å². The molecule has 33 heavy (non-hydrogen) atoms. The number of aromatic nitrogens is 2. The summed E-state index contributed by atoms with van der Waals surface area (Å²) in [6, 6.07) is 11.6. The first-order chi connectivity index (χ1) is 15.6. The molecule has 3 rings (SSSR count). The number of carbonyl (C=O) groups is 2. The molecular formula is C24H24F3N3O3. The topological polar surface area (TPSA) is 73.2 Å². The quantitative estimate of drug-likeness (QED) is 0.527. The molecule has 0 saturated heterocycles. The van der Waals surface area contributed by atoms with E-state index < -0.39 is 17.6 Å². The van der Waals surface area contributed by atoms with Gasteiger partial charge >= 0.3 is 12.1 Å². The molecule has 0 bridgehead atoms. The number of aryl methyl sites for hydroxylation is 1. The Bertz CT molecular complexity index is 1150. The Labute approximate surface area is 189 Å². The lowest BCUT2D eigenvalue weighted by atomic mass is 10.1. The molecule has 2 aromatic carbocycles. The highest BCUT2D eigenvalue weighted by atomic mass is 19.4. The minimum absolute atomic E-state index is 0.0223. The smallest absolute Gasteiger partial charge is 0.416 e. The third-order valence-electron chi connectivity index (χ3n) is 5.33. The van der Waals surface area contributed by atoms with E-state index in [2.05, 4.69) is 10.4 Å². The number of alkyl halides is 3. The largest absolute Gasteiger partial charge is 0.469 e. The van der Waals surface area contributed by atoms with Gasteiger partial charge in [0, 0.05) is 24.2 Å². The Morgan fingerprint density at radius 1 is 1.09 bits per heavy atom. The number of amides is 1. The molecule has 6 nitrogen and oxygen atoms in total. The van der Waals surface area contributed by atoms with Gasteiger partial charge in [0.05, 0.1) is 24.1 Å². The van der Waals surface area contributed by atoms with E-state index in [1.165, 1.54) is 19.2 Å². The fourth-order valence-corrected chi connectivity index (χ4v) is 3.51. The van der Waals surface area contributed by atoms with E-state index >= 15 is 0 Å². The summed E-state index contributed by atoms with van der Waals surface area (Å²) < 4.78 is 45.0. The van der Waals surface area contributed by atoms with Crippen LogP contribution in [0.4, 0.5) is 13.2 Å². The number of hydrogen-bond donors (Lipinski definition) is 1. The van der Waals surface area contributed by atoms with E-state index in [9.17, 15) is 22.8 Å². The maximum absolute atomic E-state index is 12.8. The van der Waals surface area contributed by atoms with Gasteiger partial charge in [-0.1, -0.05) is 12.1 Å². The van der Waals surface area contributed by atoms with Crippen molar-refractivity contribution in [2.45, 2.75) is 39.4 Å². The maximum atomic E-state index is 12.8. The molecule has 0 aliphatic rings. The lowest BCUT2D eigenvalue weighted by Gasteiger charge is -2.10. The highest BCUT2D eigenvalue weighted by molar-refractivity contribution is 5.94. The predicted molar refractivity (Wildman–Crippen MR) is 116 cm³/mol. The Morgan fingerprint density at radius 2 is 1.79 bits per heavy atom. The Morgan fingerprint density at radius 3 is 2.42 bits per heavy atom. The lowest BCUT2D eigenvalue weighted by molar-refractivity contribution is -0.140. The zero-order valence-electron chi connectivity index (χ0n) is 18.5. The fraction of sp³-hybridized carbons (Fsp3) is 0.292. The van der Waals surface area contributed by atoms with Gasteiger partial charge in [0.25, 0.3) is 5.91 Å². The number of carbonyl (C=O) groups excluding carboxylic acids is 2. The predicted octanol–water partition coefficient (Wildman–Crippen LogP) is 4.54. The van der Waals surface area contributed by atoms with Gasteiger partial charge in [-0.05, 0) is 67.8 Å². The van der Waals surface area contributed by atoms with Crippen molar-refractivity contribution in [2.75, 3.05) is 7.11 Å². The van der Waals surface area contributed by atoms with E-state index in [1.807, 2.05) is 13.8 Å². The molecular weight excluding hydrogens is 435 g/mol. The third kappa shape index (κ3) is 5.79. The number of esters is 1. The minimum Gasteiger partial charge on any atom is -0.469 e. The number of ether oxygens (including phenoxy) is 1. The molecule has 0 aliphatic heterocycles. The number of methoxy groups -OCH3 is 1. The molecule has 0 fully saturated rings. The SMILES string of the molecule is COC(=O)CCc1c(C)nn(-c2ccc(C(=O)NCc3cccc(C(F)(F)F)c3)cc2)c1C. The van der Waals surface area contributed by atoms with Crippen molar-refractivity contribution in [3.63, 3.8) is 0 Å². The number of nitrogens with one attached hydrogen (secondary N) is 1. The average molecular weight is 459 g/mol. The first kappa shape index (κ1) is 24.0. The van der Waals surface area contributed by atoms with E-state index in [4.69, 9.17) is 4.74 Å². The summed E-state index contributed by atoms with van der Waals surface area (Å²) in [7, 11) is 1.35. The van der Waals surface area contributed by atoms with E-state index in [1.54, 1.807) is 28.9 Å². The van der Waals surface area contributed by atoms with Crippen LogP contribution < -0.4 is 5.32 Å². The van der Waals surface area contributed by atoms with Crippen molar-refractivity contribution in [3.8, 4) is 5.69 Å². The number of hydrogen-bond acceptors (Lipinski definition) is 4. The zero-order valence-corrected chi connectivity index (χ0v) is 18.5. The van der Waals surface area contributed by atoms with Crippen molar-refractivity contribution >= 4 is 11.9 Å². The molecule has 0 saturated carbocycles. The van der Waals surface area contributed by atoms with Crippen LogP contribution in [-0.2, 0) is 28.7 Å². The zero-order chi connectivity index (χ0) is 24.2. The van der Waals surface area contributed by atoms with Crippen molar-refractivity contribution in [1.82, 2.24) is 15.1 Å². The molecule has 1 N–H and O–H groups in total. The normalized spacial score (nSPS) is 11.3. The molecule has 0 spiro atoms. The van der Waals surface area contributed by atoms with Crippen LogP contribution in [0.25, 0.3) is 5.69 Å². The van der Waals surface area contributed by atoms with Gasteiger partial charge in [-0.25, -0.2) is 4.68 Å². The first-order valence-electron chi connectivity index (χ1n) is 10.3. The molecule has 0 unspecified atom stereocenters. The summed E-state index contributed by atoms with van der Waals surface area (Å²) in [6.45, 7) is 3.75. The fourth-order valence-electron chi connectivity index (χ4n) is 3.51. The summed E-state index contributed by atoms with van der Waals surface area (Å²) in [5.74, 6) is -0.687. The number of benzene rings is 2. The molecule has 1 heterocycles. The molecule has 0 aliphatic carbocycles. The van der Waals surface area contributed by atoms with Crippen LogP contribution in [0.15, 0.2) is 48.5 Å². The Balaban J connectivity index is 1.68. The van der Waals surface area contributed by atoms with Crippen molar-refractivity contribution in [2.24, 2.45) is 0 Å². The van der Waals surface area contributed by atoms with E-state index in [0.29, 0.717) is 17.5 Å². The van der Waals surface area contributed by atoms with E-state index in [0.717, 1.165) is 34.8 Å². The van der Waals surface area contributed by atoms with Gasteiger partial charge in [-0.3, -0.25) is 9.59 Å². The van der Waals surface area contributed by atoms with Crippen molar-refractivity contribution in [1.29, 1.82) is 0 Å². The number of nitrogens with zero attached hydrogens (tertiary/aromatic N) is 2. The number of halogens is 3. The molecule has 174 valence electrons. The van der Waals surface area contributed by atoms with Gasteiger partial charge in [0.1, 0.15) is 0 Å². The molecule has 9 heteroatoms. The highest BCUT2D eigenvalue weighted by Gasteiger charge is 2.30. The summed E-state index contributed by atoms with van der Waals surface area (Å²) in [4.78, 5) is 23.9. The van der Waals surface area contributed by atoms with Gasteiger partial charge in [0.15, 0.2) is 0 Å². The van der Waals surface area contributed by atoms with Crippen LogP contribution in [0, 0.1) is 13.8 Å². The second kappa shape index (κ2) is 9.89. The van der Waals surface area contributed by atoms with Crippen LogP contribution in [0.5, 0.6) is 0 Å². The second-order valence-corrected chi connectivity index (χ2v) is 7.56. The van der Waals surface area contributed by atoms with Crippen LogP contribution in [0.2, 0.25) is 0 Å². The summed E-state index contributed by atoms with van der Waals surface area (Å²) >= 11 is 0. The Kier molecular flexibility index (Phi) is 7.20. The summed E-state index contributed by atoms with van der Waals surface area (Å²) in [6.07, 6.45) is -3.66. The monoisotopic (exact) mass is 459 g/mol. The second-order valence-electron chi connectivity index (χ2n) is 7.56. The maximum Gasteiger partial charge on any atom is 0.416 e. The third-order valence-corrected chi connectivity index (χ3v) is 5.33. The average Bonchev–Trinajstić information content (AvgIpc) is 3.08. The van der Waals surface area contributed by atoms with Crippen LogP contribution >= 0.6 is 0 Å². The van der Waals surface area contributed by atoms with Gasteiger partial charge in [0.2, 0.25) is 0 Å². The standard InChI is InChI=1S/C24H24F3N3O3/c1-15-21(11-12-22(31)33-3)16(2)30(29-15)20-9-7-18(8-10-20)23(32)28-14-17-5-4-6-19(13-17)24(25,26)27/h4-10,13H,11-12,14H2,1-3H3,(H,28,32). The minimum atomic E-state index is -4.43. The highest BCUT2D eigenvalue weighted by Crippen LogP contribution is 2.29. The molecule has 0 atom stereocenters. The molecule has 3 aromatic rings.